The summed E-state index contributed by atoms with van der Waals surface area (Å²) in [7, 11) is 3.05. The molecule has 8 heteroatoms. The van der Waals surface area contributed by atoms with E-state index in [1.165, 1.54) is 23.8 Å². The molecule has 0 unspecified atom stereocenters. The third-order valence-electron chi connectivity index (χ3n) is 4.10. The summed E-state index contributed by atoms with van der Waals surface area (Å²) in [5.41, 5.74) is 2.29. The Labute approximate surface area is 147 Å². The molecular formula is C18H16F2N2O4. The lowest BCUT2D eigenvalue weighted by molar-refractivity contribution is 0.0809. The third-order valence-corrected chi connectivity index (χ3v) is 4.10. The van der Waals surface area contributed by atoms with Gasteiger partial charge in [-0.3, -0.25) is 14.6 Å². The predicted molar refractivity (Wildman–Crippen MR) is 91.9 cm³/mol. The number of halogens is 2. The van der Waals surface area contributed by atoms with Crippen LogP contribution < -0.4 is 15.0 Å². The number of nitrogens with zero attached hydrogens (tertiary/aromatic N) is 2. The molecule has 0 aliphatic carbocycles. The number of carbonyl (C=O) groups excluding carboxylic acids is 1. The zero-order valence-corrected chi connectivity index (χ0v) is 14.2. The van der Waals surface area contributed by atoms with Gasteiger partial charge in [0.1, 0.15) is 18.1 Å². The fourth-order valence-corrected chi connectivity index (χ4v) is 2.88. The van der Waals surface area contributed by atoms with Crippen LogP contribution in [0.5, 0.6) is 11.5 Å². The van der Waals surface area contributed by atoms with Crippen molar-refractivity contribution in [2.75, 3.05) is 13.7 Å². The molecular weight excluding hydrogens is 346 g/mol. The van der Waals surface area contributed by atoms with Gasteiger partial charge in [-0.2, -0.15) is 0 Å². The Hall–Kier alpha value is -3.03. The van der Waals surface area contributed by atoms with Gasteiger partial charge in [0, 0.05) is 41.7 Å². The van der Waals surface area contributed by atoms with E-state index in [9.17, 15) is 18.4 Å². The average molecular weight is 362 g/mol. The molecule has 1 aliphatic rings. The molecule has 136 valence electrons. The minimum atomic E-state index is -2.67. The zero-order valence-electron chi connectivity index (χ0n) is 14.2. The van der Waals surface area contributed by atoms with Crippen LogP contribution in [0.3, 0.4) is 0 Å². The smallest absolute Gasteiger partial charge is 0.272 e. The van der Waals surface area contributed by atoms with Crippen molar-refractivity contribution in [2.24, 2.45) is 12.0 Å². The lowest BCUT2D eigenvalue weighted by Crippen LogP contribution is -2.21. The van der Waals surface area contributed by atoms with E-state index in [2.05, 4.69) is 4.99 Å². The van der Waals surface area contributed by atoms with E-state index in [0.717, 1.165) is 0 Å². The highest BCUT2D eigenvalue weighted by Gasteiger charge is 2.22. The van der Waals surface area contributed by atoms with Gasteiger partial charge in [0.2, 0.25) is 0 Å². The first-order valence-electron chi connectivity index (χ1n) is 7.77. The molecule has 6 nitrogen and oxygen atoms in total. The van der Waals surface area contributed by atoms with E-state index in [1.54, 1.807) is 19.5 Å². The van der Waals surface area contributed by atoms with Crippen LogP contribution in [0.25, 0.3) is 11.1 Å². The largest absolute Gasteiger partial charge is 0.496 e. The van der Waals surface area contributed by atoms with Crippen LogP contribution in [0.2, 0.25) is 0 Å². The number of hydrogen-bond acceptors (Lipinski definition) is 5. The third kappa shape index (κ3) is 3.10. The van der Waals surface area contributed by atoms with Gasteiger partial charge in [-0.05, 0) is 12.1 Å². The van der Waals surface area contributed by atoms with Crippen LogP contribution in [-0.2, 0) is 13.6 Å². The molecule has 1 aromatic heterocycles. The van der Waals surface area contributed by atoms with Crippen LogP contribution in [0.15, 0.2) is 28.1 Å². The lowest BCUT2D eigenvalue weighted by atomic mass is 9.97. The molecule has 0 saturated carbocycles. The second-order valence-electron chi connectivity index (χ2n) is 5.73. The Kier molecular flexibility index (Phi) is 4.83. The number of pyridine rings is 1. The summed E-state index contributed by atoms with van der Waals surface area (Å²) < 4.78 is 36.9. The number of aryl methyl sites for hydroxylation is 1. The molecule has 1 aromatic carbocycles. The summed E-state index contributed by atoms with van der Waals surface area (Å²) in [6, 6.07) is 2.89. The predicted octanol–water partition coefficient (Wildman–Crippen LogP) is 2.45. The first-order valence-corrected chi connectivity index (χ1v) is 7.77. The fraction of sp³-hybridized carbons (Fsp3) is 0.278. The number of alkyl halides is 2. The number of benzene rings is 1. The molecule has 1 aliphatic heterocycles. The second-order valence-corrected chi connectivity index (χ2v) is 5.73. The van der Waals surface area contributed by atoms with Crippen molar-refractivity contribution >= 4 is 12.5 Å². The highest BCUT2D eigenvalue weighted by atomic mass is 19.3. The van der Waals surface area contributed by atoms with Crippen LogP contribution in [0.4, 0.5) is 8.78 Å². The Balaban J connectivity index is 2.22. The van der Waals surface area contributed by atoms with Gasteiger partial charge in [0.05, 0.1) is 19.2 Å². The Bertz CT molecular complexity index is 951. The van der Waals surface area contributed by atoms with Gasteiger partial charge in [-0.1, -0.05) is 0 Å². The molecule has 0 fully saturated rings. The van der Waals surface area contributed by atoms with E-state index in [-0.39, 0.29) is 23.4 Å². The van der Waals surface area contributed by atoms with Crippen molar-refractivity contribution in [3.8, 4) is 22.6 Å². The molecule has 0 N–H and O–H groups in total. The van der Waals surface area contributed by atoms with Crippen molar-refractivity contribution < 1.29 is 23.0 Å². The maximum absolute atomic E-state index is 12.5. The Morgan fingerprint density at radius 2 is 2.08 bits per heavy atom. The normalized spacial score (nSPS) is 12.3. The number of methoxy groups -OCH3 is 1. The number of fused-ring (bicyclic) bond motifs is 1. The minimum absolute atomic E-state index is 0.0219. The Morgan fingerprint density at radius 1 is 1.31 bits per heavy atom. The molecule has 0 amide bonds. The molecule has 2 aromatic rings. The van der Waals surface area contributed by atoms with Crippen LogP contribution in [0.1, 0.15) is 21.5 Å². The van der Waals surface area contributed by atoms with Crippen molar-refractivity contribution in [3.05, 3.63) is 45.4 Å². The van der Waals surface area contributed by atoms with Gasteiger partial charge in [-0.25, -0.2) is 8.78 Å². The van der Waals surface area contributed by atoms with Crippen LogP contribution in [0, 0.1) is 0 Å². The number of aromatic nitrogens is 1. The van der Waals surface area contributed by atoms with Gasteiger partial charge in [0.25, 0.3) is 12.0 Å². The fourth-order valence-electron chi connectivity index (χ4n) is 2.88. The first-order chi connectivity index (χ1) is 12.5. The van der Waals surface area contributed by atoms with Crippen molar-refractivity contribution in [3.63, 3.8) is 0 Å². The van der Waals surface area contributed by atoms with Crippen LogP contribution >= 0.6 is 0 Å². The summed E-state index contributed by atoms with van der Waals surface area (Å²) in [5.74, 6) is 0.381. The highest BCUT2D eigenvalue weighted by molar-refractivity contribution is 5.96. The number of rotatable bonds is 6. The number of carbonyl (C=O) groups is 1. The van der Waals surface area contributed by atoms with Gasteiger partial charge >= 0.3 is 0 Å². The monoisotopic (exact) mass is 362 g/mol. The van der Waals surface area contributed by atoms with E-state index in [4.69, 9.17) is 9.47 Å². The maximum atomic E-state index is 12.5. The second kappa shape index (κ2) is 7.07. The van der Waals surface area contributed by atoms with Crippen molar-refractivity contribution in [1.82, 2.24) is 4.57 Å². The molecule has 0 bridgehead atoms. The van der Waals surface area contributed by atoms with Crippen molar-refractivity contribution in [2.45, 2.75) is 13.0 Å². The van der Waals surface area contributed by atoms with Gasteiger partial charge in [0.15, 0.2) is 6.29 Å². The van der Waals surface area contributed by atoms with E-state index >= 15 is 0 Å². The molecule has 2 heterocycles. The maximum Gasteiger partial charge on any atom is 0.272 e. The van der Waals surface area contributed by atoms with E-state index < -0.39 is 13.0 Å². The molecule has 0 saturated heterocycles. The van der Waals surface area contributed by atoms with Gasteiger partial charge < -0.3 is 14.0 Å². The summed E-state index contributed by atoms with van der Waals surface area (Å²) in [4.78, 5) is 27.7. The van der Waals surface area contributed by atoms with E-state index in [0.29, 0.717) is 34.3 Å². The standard InChI is InChI=1S/C18H16F2N2O4/c1-22-7-14(12-5-21-6-13(12)18(22)24)11-4-15(26-9-17(19)20)10(8-23)3-16(11)25-2/h3-5,7-8,17H,6,9H2,1-2H3. The zero-order chi connectivity index (χ0) is 18.8. The van der Waals surface area contributed by atoms with E-state index in [1.807, 2.05) is 0 Å². The summed E-state index contributed by atoms with van der Waals surface area (Å²) >= 11 is 0. The topological polar surface area (TPSA) is 69.9 Å². The Morgan fingerprint density at radius 3 is 2.73 bits per heavy atom. The minimum Gasteiger partial charge on any atom is -0.496 e. The van der Waals surface area contributed by atoms with Crippen LogP contribution in [-0.4, -0.2) is 37.2 Å². The SMILES string of the molecule is COc1cc(C=O)c(OCC(F)F)cc1-c1cn(C)c(=O)c2c1C=NC2. The number of ether oxygens (including phenoxy) is 2. The quantitative estimate of drug-likeness (QED) is 0.740. The molecule has 0 radical (unpaired) electrons. The molecule has 0 atom stereocenters. The highest BCUT2D eigenvalue weighted by Crippen LogP contribution is 2.38. The summed E-state index contributed by atoms with van der Waals surface area (Å²) in [6.07, 6.45) is 1.06. The summed E-state index contributed by atoms with van der Waals surface area (Å²) in [5, 5.41) is 0. The molecule has 3 rings (SSSR count). The lowest BCUT2D eigenvalue weighted by Gasteiger charge is -2.16. The number of aldehydes is 1. The summed E-state index contributed by atoms with van der Waals surface area (Å²) in [6.45, 7) is -0.557. The van der Waals surface area contributed by atoms with Gasteiger partial charge in [-0.15, -0.1) is 0 Å². The molecule has 0 spiro atoms. The average Bonchev–Trinajstić information content (AvgIpc) is 3.12. The first kappa shape index (κ1) is 17.8. The molecule has 26 heavy (non-hydrogen) atoms. The number of hydrogen-bond donors (Lipinski definition) is 0. The number of aliphatic imine (C=N–C) groups is 1. The van der Waals surface area contributed by atoms with Crippen molar-refractivity contribution in [1.29, 1.82) is 0 Å².